The Bertz CT molecular complexity index is 426. The lowest BCUT2D eigenvalue weighted by Crippen LogP contribution is -2.35. The molecule has 19 heavy (non-hydrogen) atoms. The highest BCUT2D eigenvalue weighted by molar-refractivity contribution is 7.13. The molecule has 1 atom stereocenters. The van der Waals surface area contributed by atoms with Gasteiger partial charge in [-0.1, -0.05) is 20.8 Å². The van der Waals surface area contributed by atoms with Gasteiger partial charge in [-0.15, -0.1) is 11.3 Å². The Morgan fingerprint density at radius 1 is 1.58 bits per heavy atom. The maximum absolute atomic E-state index is 12.2. The molecule has 0 radical (unpaired) electrons. The SMILES string of the molecule is COCC(O)CN(C)C(=O)c1cnc(C(C)(C)C)s1. The van der Waals surface area contributed by atoms with E-state index in [9.17, 15) is 9.90 Å². The molecule has 6 heteroatoms. The van der Waals surface area contributed by atoms with Gasteiger partial charge >= 0.3 is 0 Å². The molecule has 0 saturated carbocycles. The van der Waals surface area contributed by atoms with Crippen molar-refractivity contribution in [2.24, 2.45) is 0 Å². The summed E-state index contributed by atoms with van der Waals surface area (Å²) in [6.45, 7) is 6.65. The molecule has 0 aliphatic rings. The van der Waals surface area contributed by atoms with Gasteiger partial charge in [0.1, 0.15) is 4.88 Å². The number of carbonyl (C=O) groups is 1. The molecule has 1 N–H and O–H groups in total. The monoisotopic (exact) mass is 286 g/mol. The fraction of sp³-hybridized carbons (Fsp3) is 0.692. The van der Waals surface area contributed by atoms with Crippen LogP contribution in [0.4, 0.5) is 0 Å². The largest absolute Gasteiger partial charge is 0.389 e. The molecule has 1 aromatic heterocycles. The Balaban J connectivity index is 2.69. The van der Waals surface area contributed by atoms with Crippen molar-refractivity contribution < 1.29 is 14.6 Å². The molecule has 0 fully saturated rings. The van der Waals surface area contributed by atoms with Gasteiger partial charge in [-0.3, -0.25) is 4.79 Å². The van der Waals surface area contributed by atoms with Crippen molar-refractivity contribution in [2.45, 2.75) is 32.3 Å². The number of aromatic nitrogens is 1. The van der Waals surface area contributed by atoms with Gasteiger partial charge in [-0.25, -0.2) is 4.98 Å². The summed E-state index contributed by atoms with van der Waals surface area (Å²) in [7, 11) is 3.18. The van der Waals surface area contributed by atoms with E-state index in [1.165, 1.54) is 23.3 Å². The number of hydrogen-bond acceptors (Lipinski definition) is 5. The highest BCUT2D eigenvalue weighted by atomic mass is 32.1. The summed E-state index contributed by atoms with van der Waals surface area (Å²) >= 11 is 1.40. The Morgan fingerprint density at radius 3 is 2.68 bits per heavy atom. The van der Waals surface area contributed by atoms with E-state index < -0.39 is 6.10 Å². The van der Waals surface area contributed by atoms with Crippen molar-refractivity contribution in [1.82, 2.24) is 9.88 Å². The number of likely N-dealkylation sites (N-methyl/N-ethyl adjacent to an activating group) is 1. The summed E-state index contributed by atoms with van der Waals surface area (Å²) in [5.74, 6) is -0.122. The zero-order valence-electron chi connectivity index (χ0n) is 12.1. The molecular weight excluding hydrogens is 264 g/mol. The first-order chi connectivity index (χ1) is 8.75. The fourth-order valence-corrected chi connectivity index (χ4v) is 2.52. The molecule has 0 aromatic carbocycles. The molecular formula is C13H22N2O3S. The van der Waals surface area contributed by atoms with Crippen LogP contribution in [0.5, 0.6) is 0 Å². The number of aliphatic hydroxyl groups excluding tert-OH is 1. The summed E-state index contributed by atoms with van der Waals surface area (Å²) in [4.78, 5) is 18.5. The van der Waals surface area contributed by atoms with Gasteiger partial charge in [0.25, 0.3) is 5.91 Å². The van der Waals surface area contributed by atoms with Crippen molar-refractivity contribution in [2.75, 3.05) is 27.3 Å². The van der Waals surface area contributed by atoms with Crippen LogP contribution >= 0.6 is 11.3 Å². The van der Waals surface area contributed by atoms with Gasteiger partial charge in [-0.05, 0) is 0 Å². The molecule has 1 heterocycles. The van der Waals surface area contributed by atoms with Gasteiger partial charge in [0, 0.05) is 26.1 Å². The Hall–Kier alpha value is -0.980. The number of rotatable bonds is 5. The van der Waals surface area contributed by atoms with Gasteiger partial charge in [0.15, 0.2) is 0 Å². The molecule has 0 spiro atoms. The smallest absolute Gasteiger partial charge is 0.265 e. The zero-order valence-corrected chi connectivity index (χ0v) is 13.0. The second-order valence-corrected chi connectivity index (χ2v) is 6.61. The number of methoxy groups -OCH3 is 1. The molecule has 1 rings (SSSR count). The molecule has 0 aliphatic heterocycles. The van der Waals surface area contributed by atoms with E-state index in [1.807, 2.05) is 0 Å². The van der Waals surface area contributed by atoms with Crippen LogP contribution < -0.4 is 0 Å². The van der Waals surface area contributed by atoms with Crippen LogP contribution in [0, 0.1) is 0 Å². The molecule has 0 aliphatic carbocycles. The number of thiazole rings is 1. The number of hydrogen-bond donors (Lipinski definition) is 1. The predicted molar refractivity (Wildman–Crippen MR) is 75.7 cm³/mol. The normalized spacial score (nSPS) is 13.4. The number of amides is 1. The van der Waals surface area contributed by atoms with Crippen molar-refractivity contribution in [3.63, 3.8) is 0 Å². The minimum Gasteiger partial charge on any atom is -0.389 e. The number of carbonyl (C=O) groups excluding carboxylic acids is 1. The maximum atomic E-state index is 12.2. The van der Waals surface area contributed by atoms with E-state index in [-0.39, 0.29) is 24.5 Å². The van der Waals surface area contributed by atoms with Crippen molar-refractivity contribution in [3.8, 4) is 0 Å². The summed E-state index contributed by atoms with van der Waals surface area (Å²) in [5.41, 5.74) is -0.0582. The Kier molecular flexibility index (Phi) is 5.46. The lowest BCUT2D eigenvalue weighted by atomic mass is 9.98. The summed E-state index contributed by atoms with van der Waals surface area (Å²) in [6, 6.07) is 0. The van der Waals surface area contributed by atoms with E-state index >= 15 is 0 Å². The second kappa shape index (κ2) is 6.45. The lowest BCUT2D eigenvalue weighted by molar-refractivity contribution is 0.0382. The lowest BCUT2D eigenvalue weighted by Gasteiger charge is -2.19. The van der Waals surface area contributed by atoms with E-state index in [0.717, 1.165) is 5.01 Å². The van der Waals surface area contributed by atoms with Crippen LogP contribution in [-0.4, -0.2) is 54.3 Å². The molecule has 1 aromatic rings. The molecule has 5 nitrogen and oxygen atoms in total. The third kappa shape index (κ3) is 4.56. The minimum absolute atomic E-state index is 0.0582. The Morgan fingerprint density at radius 2 is 2.21 bits per heavy atom. The van der Waals surface area contributed by atoms with Crippen molar-refractivity contribution >= 4 is 17.2 Å². The van der Waals surface area contributed by atoms with E-state index in [1.54, 1.807) is 13.2 Å². The van der Waals surface area contributed by atoms with Crippen LogP contribution in [-0.2, 0) is 10.2 Å². The van der Waals surface area contributed by atoms with E-state index in [0.29, 0.717) is 4.88 Å². The van der Waals surface area contributed by atoms with Gasteiger partial charge in [0.05, 0.1) is 23.9 Å². The molecule has 1 amide bonds. The fourth-order valence-electron chi connectivity index (χ4n) is 1.55. The second-order valence-electron chi connectivity index (χ2n) is 5.57. The summed E-state index contributed by atoms with van der Waals surface area (Å²) < 4.78 is 4.84. The zero-order chi connectivity index (χ0) is 14.6. The third-order valence-corrected chi connectivity index (χ3v) is 3.96. The topological polar surface area (TPSA) is 62.7 Å². The standard InChI is InChI=1S/C13H22N2O3S/c1-13(2,3)12-14-6-10(19-12)11(17)15(4)7-9(16)8-18-5/h6,9,16H,7-8H2,1-5H3. The molecule has 0 saturated heterocycles. The number of aliphatic hydroxyl groups is 1. The van der Waals surface area contributed by atoms with Crippen molar-refractivity contribution in [3.05, 3.63) is 16.1 Å². The van der Waals surface area contributed by atoms with Crippen LogP contribution in [0.1, 0.15) is 35.5 Å². The summed E-state index contributed by atoms with van der Waals surface area (Å²) in [5, 5.41) is 10.6. The number of nitrogens with zero attached hydrogens (tertiary/aromatic N) is 2. The highest BCUT2D eigenvalue weighted by Gasteiger charge is 2.22. The first-order valence-electron chi connectivity index (χ1n) is 6.14. The van der Waals surface area contributed by atoms with Crippen LogP contribution in [0.2, 0.25) is 0 Å². The maximum Gasteiger partial charge on any atom is 0.265 e. The average Bonchev–Trinajstić information content (AvgIpc) is 2.76. The van der Waals surface area contributed by atoms with Gasteiger partial charge in [0.2, 0.25) is 0 Å². The van der Waals surface area contributed by atoms with Crippen LogP contribution in [0.25, 0.3) is 0 Å². The Labute approximate surface area is 118 Å². The van der Waals surface area contributed by atoms with Gasteiger partial charge in [-0.2, -0.15) is 0 Å². The minimum atomic E-state index is -0.672. The predicted octanol–water partition coefficient (Wildman–Crippen LogP) is 1.52. The first-order valence-corrected chi connectivity index (χ1v) is 6.96. The van der Waals surface area contributed by atoms with Crippen molar-refractivity contribution in [1.29, 1.82) is 0 Å². The molecule has 108 valence electrons. The van der Waals surface area contributed by atoms with E-state index in [2.05, 4.69) is 25.8 Å². The molecule has 1 unspecified atom stereocenters. The highest BCUT2D eigenvalue weighted by Crippen LogP contribution is 2.27. The van der Waals surface area contributed by atoms with E-state index in [4.69, 9.17) is 4.74 Å². The van der Waals surface area contributed by atoms with Gasteiger partial charge < -0.3 is 14.7 Å². The number of ether oxygens (including phenoxy) is 1. The van der Waals surface area contributed by atoms with Crippen LogP contribution in [0.15, 0.2) is 6.20 Å². The summed E-state index contributed by atoms with van der Waals surface area (Å²) in [6.07, 6.45) is 0.932. The van der Waals surface area contributed by atoms with Crippen LogP contribution in [0.3, 0.4) is 0 Å². The third-order valence-electron chi connectivity index (χ3n) is 2.55. The first kappa shape index (κ1) is 16.1. The average molecular weight is 286 g/mol. The quantitative estimate of drug-likeness (QED) is 0.891. The molecule has 0 bridgehead atoms.